The van der Waals surface area contributed by atoms with Gasteiger partial charge >= 0.3 is 0 Å². The second-order valence-electron chi connectivity index (χ2n) is 8.09. The van der Waals surface area contributed by atoms with Gasteiger partial charge in [0.2, 0.25) is 0 Å². The van der Waals surface area contributed by atoms with E-state index in [0.29, 0.717) is 5.11 Å². The van der Waals surface area contributed by atoms with Crippen LogP contribution in [-0.4, -0.2) is 14.7 Å². The zero-order chi connectivity index (χ0) is 23.1. The van der Waals surface area contributed by atoms with Gasteiger partial charge in [0.1, 0.15) is 0 Å². The Morgan fingerprint density at radius 1 is 0.939 bits per heavy atom. The van der Waals surface area contributed by atoms with Gasteiger partial charge < -0.3 is 14.8 Å². The van der Waals surface area contributed by atoms with E-state index in [1.165, 1.54) is 17.0 Å². The van der Waals surface area contributed by atoms with E-state index in [9.17, 15) is 0 Å². The molecule has 2 atom stereocenters. The van der Waals surface area contributed by atoms with Crippen LogP contribution >= 0.6 is 44.1 Å². The van der Waals surface area contributed by atoms with Crippen LogP contribution in [0.5, 0.6) is 0 Å². The Balaban J connectivity index is 1.69. The number of nitrogens with one attached hydrogen (secondary N) is 1. The van der Waals surface area contributed by atoms with Crippen molar-refractivity contribution in [2.45, 2.75) is 25.9 Å². The molecule has 0 amide bonds. The molecule has 1 N–H and O–H groups in total. The smallest absolute Gasteiger partial charge is 0.174 e. The molecule has 0 unspecified atom stereocenters. The van der Waals surface area contributed by atoms with Crippen LogP contribution < -0.4 is 10.2 Å². The molecule has 166 valence electrons. The number of pyridine rings is 1. The quantitative estimate of drug-likeness (QED) is 0.259. The van der Waals surface area contributed by atoms with Gasteiger partial charge in [-0.2, -0.15) is 0 Å². The average Bonchev–Trinajstić information content (AvgIpc) is 3.31. The van der Waals surface area contributed by atoms with Crippen LogP contribution in [-0.2, 0) is 0 Å². The number of thiocarbonyl (C=S) groups is 1. The first-order chi connectivity index (χ1) is 16.0. The number of anilines is 1. The van der Waals surface area contributed by atoms with Crippen LogP contribution in [0.1, 0.15) is 34.7 Å². The minimum atomic E-state index is -0.0736. The summed E-state index contributed by atoms with van der Waals surface area (Å²) >= 11 is 13.1. The van der Waals surface area contributed by atoms with Crippen molar-refractivity contribution in [1.29, 1.82) is 0 Å². The lowest BCUT2D eigenvalue weighted by Gasteiger charge is -2.28. The van der Waals surface area contributed by atoms with Gasteiger partial charge in [0.25, 0.3) is 0 Å². The predicted molar refractivity (Wildman–Crippen MR) is 145 cm³/mol. The summed E-state index contributed by atoms with van der Waals surface area (Å²) in [5, 5.41) is 4.25. The summed E-state index contributed by atoms with van der Waals surface area (Å²) in [5.41, 5.74) is 6.70. The van der Waals surface area contributed by atoms with E-state index in [1.54, 1.807) is 0 Å². The normalized spacial score (nSPS) is 17.9. The van der Waals surface area contributed by atoms with Crippen LogP contribution in [0, 0.1) is 13.8 Å². The molecule has 4 nitrogen and oxygen atoms in total. The Kier molecular flexibility index (Phi) is 6.12. The van der Waals surface area contributed by atoms with Crippen LogP contribution in [0.2, 0.25) is 0 Å². The fourth-order valence-electron chi connectivity index (χ4n) is 4.64. The van der Waals surface area contributed by atoms with Crippen molar-refractivity contribution < 1.29 is 0 Å². The third-order valence-electron chi connectivity index (χ3n) is 6.09. The predicted octanol–water partition coefficient (Wildman–Crippen LogP) is 7.19. The van der Waals surface area contributed by atoms with Gasteiger partial charge in [0, 0.05) is 32.2 Å². The van der Waals surface area contributed by atoms with E-state index < -0.39 is 0 Å². The highest BCUT2D eigenvalue weighted by Crippen LogP contribution is 2.44. The maximum atomic E-state index is 5.87. The molecule has 0 bridgehead atoms. The molecule has 2 aromatic carbocycles. The highest BCUT2D eigenvalue weighted by molar-refractivity contribution is 9.10. The number of aromatic nitrogens is 2. The van der Waals surface area contributed by atoms with Gasteiger partial charge in [-0.05, 0) is 102 Å². The molecule has 1 fully saturated rings. The van der Waals surface area contributed by atoms with Crippen LogP contribution in [0.25, 0.3) is 5.69 Å². The lowest BCUT2D eigenvalue weighted by Crippen LogP contribution is -2.29. The van der Waals surface area contributed by atoms with Gasteiger partial charge in [0.05, 0.1) is 23.5 Å². The van der Waals surface area contributed by atoms with Crippen LogP contribution in [0.15, 0.2) is 87.9 Å². The Morgan fingerprint density at radius 2 is 1.67 bits per heavy atom. The van der Waals surface area contributed by atoms with Crippen molar-refractivity contribution in [2.24, 2.45) is 0 Å². The highest BCUT2D eigenvalue weighted by Gasteiger charge is 2.42. The number of halogens is 2. The van der Waals surface area contributed by atoms with E-state index in [0.717, 1.165) is 26.0 Å². The summed E-state index contributed by atoms with van der Waals surface area (Å²) in [6, 6.07) is 24.8. The van der Waals surface area contributed by atoms with Gasteiger partial charge in [-0.25, -0.2) is 0 Å². The topological polar surface area (TPSA) is 33.1 Å². The number of para-hydroxylation sites is 1. The molecule has 33 heavy (non-hydrogen) atoms. The first-order valence-corrected chi connectivity index (χ1v) is 12.6. The van der Waals surface area contributed by atoms with Gasteiger partial charge in [0.15, 0.2) is 5.11 Å². The minimum Gasteiger partial charge on any atom is -0.351 e. The number of hydrogen-bond acceptors (Lipinski definition) is 2. The van der Waals surface area contributed by atoms with E-state index in [-0.39, 0.29) is 12.1 Å². The molecule has 3 heterocycles. The standard InChI is InChI=1S/C26H22Br2N4S/c1-16-15-20(17(2)31(16)23-9-4-3-7-21(23)28)25-24(22-8-5-6-14-29-22)30-26(33)32(25)19-12-10-18(27)11-13-19/h3-15,24-25H,1-2H3,(H,30,33)/t24-,25+/m1/s1. The fraction of sp³-hybridized carbons (Fsp3) is 0.154. The van der Waals surface area contributed by atoms with Crippen molar-refractivity contribution in [3.8, 4) is 5.69 Å². The average molecular weight is 582 g/mol. The Labute approximate surface area is 215 Å². The van der Waals surface area contributed by atoms with Crippen molar-refractivity contribution in [3.05, 3.63) is 111 Å². The molecule has 7 heteroatoms. The number of aryl methyl sites for hydroxylation is 1. The van der Waals surface area contributed by atoms with E-state index in [2.05, 4.69) is 108 Å². The number of hydrogen-bond donors (Lipinski definition) is 1. The maximum absolute atomic E-state index is 5.87. The molecular formula is C26H22Br2N4S. The number of nitrogens with zero attached hydrogens (tertiary/aromatic N) is 3. The number of benzene rings is 2. The van der Waals surface area contributed by atoms with E-state index >= 15 is 0 Å². The Bertz CT molecular complexity index is 1320. The van der Waals surface area contributed by atoms with Crippen molar-refractivity contribution in [2.75, 3.05) is 4.90 Å². The lowest BCUT2D eigenvalue weighted by molar-refractivity contribution is 0.565. The molecule has 0 saturated carbocycles. The van der Waals surface area contributed by atoms with E-state index in [1.807, 2.05) is 36.5 Å². The summed E-state index contributed by atoms with van der Waals surface area (Å²) in [6.45, 7) is 4.33. The summed E-state index contributed by atoms with van der Waals surface area (Å²) in [5.74, 6) is 0. The third-order valence-corrected chi connectivity index (χ3v) is 7.60. The van der Waals surface area contributed by atoms with Gasteiger partial charge in [-0.15, -0.1) is 0 Å². The summed E-state index contributed by atoms with van der Waals surface area (Å²) in [6.07, 6.45) is 1.84. The maximum Gasteiger partial charge on any atom is 0.174 e. The summed E-state index contributed by atoms with van der Waals surface area (Å²) in [7, 11) is 0. The SMILES string of the molecule is Cc1cc([C@H]2[C@@H](c3ccccn3)NC(=S)N2c2ccc(Br)cc2)c(C)n1-c1ccccc1Br. The Morgan fingerprint density at radius 3 is 2.36 bits per heavy atom. The Hall–Kier alpha value is -2.48. The number of rotatable bonds is 4. The van der Waals surface area contributed by atoms with Crippen LogP contribution in [0.3, 0.4) is 0 Å². The molecule has 0 spiro atoms. The fourth-order valence-corrected chi connectivity index (χ4v) is 5.71. The minimum absolute atomic E-state index is 0.0454. The van der Waals surface area contributed by atoms with Crippen molar-refractivity contribution in [3.63, 3.8) is 0 Å². The molecule has 2 aromatic heterocycles. The zero-order valence-corrected chi connectivity index (χ0v) is 22.2. The molecule has 1 aliphatic rings. The molecule has 0 aliphatic carbocycles. The molecule has 1 aliphatic heterocycles. The molecule has 1 saturated heterocycles. The lowest BCUT2D eigenvalue weighted by atomic mass is 9.96. The van der Waals surface area contributed by atoms with E-state index in [4.69, 9.17) is 12.2 Å². The molecule has 4 aromatic rings. The first kappa shape index (κ1) is 22.3. The monoisotopic (exact) mass is 580 g/mol. The van der Waals surface area contributed by atoms with Crippen molar-refractivity contribution >= 4 is 54.9 Å². The van der Waals surface area contributed by atoms with Gasteiger partial charge in [-0.3, -0.25) is 4.98 Å². The zero-order valence-electron chi connectivity index (χ0n) is 18.2. The molecular weight excluding hydrogens is 560 g/mol. The summed E-state index contributed by atoms with van der Waals surface area (Å²) in [4.78, 5) is 6.89. The first-order valence-electron chi connectivity index (χ1n) is 10.7. The third kappa shape index (κ3) is 4.03. The highest BCUT2D eigenvalue weighted by atomic mass is 79.9. The summed E-state index contributed by atoms with van der Waals surface area (Å²) < 4.78 is 4.40. The largest absolute Gasteiger partial charge is 0.351 e. The second-order valence-corrected chi connectivity index (χ2v) is 10.2. The molecule has 0 radical (unpaired) electrons. The second kappa shape index (κ2) is 9.05. The van der Waals surface area contributed by atoms with Crippen LogP contribution in [0.4, 0.5) is 5.69 Å². The van der Waals surface area contributed by atoms with Crippen molar-refractivity contribution in [1.82, 2.24) is 14.9 Å². The van der Waals surface area contributed by atoms with Gasteiger partial charge in [-0.1, -0.05) is 34.1 Å². The molecule has 5 rings (SSSR count).